The van der Waals surface area contributed by atoms with Gasteiger partial charge in [-0.15, -0.1) is 0 Å². The van der Waals surface area contributed by atoms with E-state index in [1.54, 1.807) is 36.8 Å². The molecule has 19 heavy (non-hydrogen) atoms. The highest BCUT2D eigenvalue weighted by atomic mass is 16.5. The van der Waals surface area contributed by atoms with Gasteiger partial charge in [-0.2, -0.15) is 0 Å². The van der Waals surface area contributed by atoms with Crippen molar-refractivity contribution in [1.29, 1.82) is 0 Å². The summed E-state index contributed by atoms with van der Waals surface area (Å²) in [5.74, 6) is 1.81. The van der Waals surface area contributed by atoms with Crippen molar-refractivity contribution in [2.24, 2.45) is 0 Å². The van der Waals surface area contributed by atoms with Crippen LogP contribution in [0, 0.1) is 6.92 Å². The second-order valence-corrected chi connectivity index (χ2v) is 4.19. The average molecular weight is 252 g/mol. The van der Waals surface area contributed by atoms with Crippen LogP contribution in [0.15, 0.2) is 42.9 Å². The van der Waals surface area contributed by atoms with Crippen LogP contribution in [0.1, 0.15) is 5.56 Å². The van der Waals surface area contributed by atoms with Gasteiger partial charge in [0.2, 0.25) is 0 Å². The molecule has 0 saturated carbocycles. The number of anilines is 1. The lowest BCUT2D eigenvalue weighted by Gasteiger charge is -2.07. The third kappa shape index (κ3) is 2.30. The maximum atomic E-state index is 5.74. The summed E-state index contributed by atoms with van der Waals surface area (Å²) in [7, 11) is 0. The molecule has 3 aromatic rings. The maximum Gasteiger partial charge on any atom is 0.147 e. The Labute approximate surface area is 110 Å². The molecule has 5 nitrogen and oxygen atoms in total. The largest absolute Gasteiger partial charge is 0.456 e. The second-order valence-electron chi connectivity index (χ2n) is 4.19. The van der Waals surface area contributed by atoms with E-state index in [1.807, 2.05) is 13.0 Å². The van der Waals surface area contributed by atoms with Crippen molar-refractivity contribution in [3.63, 3.8) is 0 Å². The van der Waals surface area contributed by atoms with Gasteiger partial charge < -0.3 is 10.5 Å². The number of pyridine rings is 3. The minimum atomic E-state index is 0.480. The summed E-state index contributed by atoms with van der Waals surface area (Å²) in [6.45, 7) is 1.96. The van der Waals surface area contributed by atoms with Gasteiger partial charge in [0, 0.05) is 18.5 Å². The predicted octanol–water partition coefficient (Wildman–Crippen LogP) is 2.71. The highest BCUT2D eigenvalue weighted by Crippen LogP contribution is 2.24. The fourth-order valence-electron chi connectivity index (χ4n) is 1.88. The molecule has 0 aliphatic heterocycles. The quantitative estimate of drug-likeness (QED) is 0.759. The smallest absolute Gasteiger partial charge is 0.147 e. The molecule has 0 aliphatic carbocycles. The van der Waals surface area contributed by atoms with E-state index in [9.17, 15) is 0 Å². The number of aryl methyl sites for hydroxylation is 1. The van der Waals surface area contributed by atoms with Crippen LogP contribution in [-0.4, -0.2) is 15.0 Å². The first-order valence-electron chi connectivity index (χ1n) is 5.83. The molecule has 3 heterocycles. The topological polar surface area (TPSA) is 73.9 Å². The van der Waals surface area contributed by atoms with Crippen molar-refractivity contribution in [1.82, 2.24) is 15.0 Å². The standard InChI is InChI=1S/C14H12N4O/c1-9-6-13(15)18-12-7-11(8-17-14(9)12)19-10-2-4-16-5-3-10/h2-8H,1H3,(H2,15,18). The lowest BCUT2D eigenvalue weighted by atomic mass is 10.2. The summed E-state index contributed by atoms with van der Waals surface area (Å²) in [6, 6.07) is 7.19. The van der Waals surface area contributed by atoms with E-state index in [1.165, 1.54) is 0 Å². The number of hydrogen-bond donors (Lipinski definition) is 1. The first-order chi connectivity index (χ1) is 9.22. The van der Waals surface area contributed by atoms with Crippen molar-refractivity contribution < 1.29 is 4.74 Å². The lowest BCUT2D eigenvalue weighted by molar-refractivity contribution is 0.480. The molecule has 0 radical (unpaired) electrons. The molecule has 0 saturated heterocycles. The summed E-state index contributed by atoms with van der Waals surface area (Å²) in [6.07, 6.45) is 5.02. The first kappa shape index (κ1) is 11.4. The molecule has 2 N–H and O–H groups in total. The average Bonchev–Trinajstić information content (AvgIpc) is 2.39. The van der Waals surface area contributed by atoms with Gasteiger partial charge in [0.15, 0.2) is 0 Å². The van der Waals surface area contributed by atoms with Gasteiger partial charge in [-0.05, 0) is 30.7 Å². The summed E-state index contributed by atoms with van der Waals surface area (Å²) in [4.78, 5) is 12.6. The van der Waals surface area contributed by atoms with Crippen LogP contribution >= 0.6 is 0 Å². The van der Waals surface area contributed by atoms with Gasteiger partial charge >= 0.3 is 0 Å². The monoisotopic (exact) mass is 252 g/mol. The molecule has 0 unspecified atom stereocenters. The molecule has 3 rings (SSSR count). The third-order valence-corrected chi connectivity index (χ3v) is 2.72. The summed E-state index contributed by atoms with van der Waals surface area (Å²) < 4.78 is 5.68. The van der Waals surface area contributed by atoms with E-state index in [0.717, 1.165) is 16.6 Å². The summed E-state index contributed by atoms with van der Waals surface area (Å²) >= 11 is 0. The predicted molar refractivity (Wildman–Crippen MR) is 73.0 cm³/mol. The van der Waals surface area contributed by atoms with Crippen LogP contribution in [0.4, 0.5) is 5.82 Å². The van der Waals surface area contributed by atoms with Crippen molar-refractivity contribution in [3.8, 4) is 11.5 Å². The zero-order valence-electron chi connectivity index (χ0n) is 10.4. The number of nitrogens with two attached hydrogens (primary N) is 1. The van der Waals surface area contributed by atoms with E-state index < -0.39 is 0 Å². The number of nitrogens with zero attached hydrogens (tertiary/aromatic N) is 3. The highest BCUT2D eigenvalue weighted by molar-refractivity contribution is 5.80. The van der Waals surface area contributed by atoms with Crippen molar-refractivity contribution >= 4 is 16.9 Å². The Hall–Kier alpha value is -2.69. The molecule has 0 atom stereocenters. The van der Waals surface area contributed by atoms with E-state index in [4.69, 9.17) is 10.5 Å². The van der Waals surface area contributed by atoms with E-state index >= 15 is 0 Å². The third-order valence-electron chi connectivity index (χ3n) is 2.72. The van der Waals surface area contributed by atoms with E-state index in [0.29, 0.717) is 17.3 Å². The fraction of sp³-hybridized carbons (Fsp3) is 0.0714. The summed E-state index contributed by atoms with van der Waals surface area (Å²) in [5.41, 5.74) is 8.29. The Morgan fingerprint density at radius 3 is 2.68 bits per heavy atom. The van der Waals surface area contributed by atoms with Gasteiger partial charge in [0.25, 0.3) is 0 Å². The molecule has 3 aromatic heterocycles. The van der Waals surface area contributed by atoms with Crippen molar-refractivity contribution in [2.45, 2.75) is 6.92 Å². The number of aromatic nitrogens is 3. The van der Waals surface area contributed by atoms with Gasteiger partial charge in [-0.25, -0.2) is 4.98 Å². The normalized spacial score (nSPS) is 10.6. The minimum absolute atomic E-state index is 0.480. The summed E-state index contributed by atoms with van der Waals surface area (Å²) in [5, 5.41) is 0. The Kier molecular flexibility index (Phi) is 2.72. The number of nitrogen functional groups attached to an aromatic ring is 1. The van der Waals surface area contributed by atoms with Crippen LogP contribution in [0.3, 0.4) is 0 Å². The molecule has 5 heteroatoms. The molecule has 0 fully saturated rings. The molecule has 0 amide bonds. The van der Waals surface area contributed by atoms with Crippen LogP contribution < -0.4 is 10.5 Å². The SMILES string of the molecule is Cc1cc(N)nc2cc(Oc3ccncc3)cnc12. The van der Waals surface area contributed by atoms with E-state index in [-0.39, 0.29) is 0 Å². The minimum Gasteiger partial charge on any atom is -0.456 e. The Bertz CT molecular complexity index is 728. The molecule has 0 aromatic carbocycles. The lowest BCUT2D eigenvalue weighted by Crippen LogP contribution is -1.95. The Morgan fingerprint density at radius 1 is 1.11 bits per heavy atom. The highest BCUT2D eigenvalue weighted by Gasteiger charge is 2.05. The van der Waals surface area contributed by atoms with Crippen molar-refractivity contribution in [2.75, 3.05) is 5.73 Å². The van der Waals surface area contributed by atoms with Crippen LogP contribution in [0.25, 0.3) is 11.0 Å². The number of rotatable bonds is 2. The zero-order chi connectivity index (χ0) is 13.2. The Morgan fingerprint density at radius 2 is 1.89 bits per heavy atom. The molecular weight excluding hydrogens is 240 g/mol. The molecule has 0 aliphatic rings. The number of ether oxygens (including phenoxy) is 1. The maximum absolute atomic E-state index is 5.74. The number of fused-ring (bicyclic) bond motifs is 1. The molecular formula is C14H12N4O. The van der Waals surface area contributed by atoms with Gasteiger partial charge in [-0.1, -0.05) is 0 Å². The molecule has 0 spiro atoms. The molecule has 0 bridgehead atoms. The zero-order valence-corrected chi connectivity index (χ0v) is 10.4. The van der Waals surface area contributed by atoms with Gasteiger partial charge in [-0.3, -0.25) is 9.97 Å². The Balaban J connectivity index is 2.02. The van der Waals surface area contributed by atoms with Crippen LogP contribution in [0.2, 0.25) is 0 Å². The molecule has 94 valence electrons. The second kappa shape index (κ2) is 4.53. The van der Waals surface area contributed by atoms with Crippen LogP contribution in [-0.2, 0) is 0 Å². The fourth-order valence-corrected chi connectivity index (χ4v) is 1.88. The van der Waals surface area contributed by atoms with E-state index in [2.05, 4.69) is 15.0 Å². The van der Waals surface area contributed by atoms with Gasteiger partial charge in [0.05, 0.1) is 17.2 Å². The van der Waals surface area contributed by atoms with Crippen molar-refractivity contribution in [3.05, 3.63) is 48.4 Å². The number of hydrogen-bond acceptors (Lipinski definition) is 5. The van der Waals surface area contributed by atoms with Gasteiger partial charge in [0.1, 0.15) is 17.3 Å². The first-order valence-corrected chi connectivity index (χ1v) is 5.83. The van der Waals surface area contributed by atoms with Crippen LogP contribution in [0.5, 0.6) is 11.5 Å².